The third-order valence-corrected chi connectivity index (χ3v) is 10.3. The Morgan fingerprint density at radius 1 is 0.450 bits per heavy atom. The van der Waals surface area contributed by atoms with E-state index in [2.05, 4.69) is 0 Å². The van der Waals surface area contributed by atoms with Crippen molar-refractivity contribution in [3.8, 4) is 0 Å². The zero-order chi connectivity index (χ0) is 28.8. The number of ether oxygens (including phenoxy) is 4. The quantitative estimate of drug-likeness (QED) is 0.157. The van der Waals surface area contributed by atoms with Crippen LogP contribution in [0.15, 0.2) is 0 Å². The first-order valence-corrected chi connectivity index (χ1v) is 14.5. The molecule has 4 saturated heterocycles. The van der Waals surface area contributed by atoms with E-state index in [-0.39, 0.29) is 75.8 Å². The second-order valence-corrected chi connectivity index (χ2v) is 12.2. The van der Waals surface area contributed by atoms with Gasteiger partial charge < -0.3 is 39.4 Å². The summed E-state index contributed by atoms with van der Waals surface area (Å²) in [6.07, 6.45) is 1.29. The van der Waals surface area contributed by atoms with Crippen LogP contribution in [-0.2, 0) is 38.1 Å². The zero-order valence-corrected chi connectivity index (χ0v) is 22.7. The first-order valence-electron chi connectivity index (χ1n) is 14.5. The number of aliphatic carboxylic acids is 4. The Morgan fingerprint density at radius 3 is 0.750 bits per heavy atom. The molecule has 5 fully saturated rings. The molecular formula is C28H40O12. The first kappa shape index (κ1) is 29.2. The van der Waals surface area contributed by atoms with Crippen molar-refractivity contribution in [2.45, 2.75) is 101 Å². The van der Waals surface area contributed by atoms with Gasteiger partial charge in [-0.25, -0.2) is 0 Å². The molecule has 0 radical (unpaired) electrons. The maximum absolute atomic E-state index is 13.5. The molecule has 0 bridgehead atoms. The number of hydrogen-bond donors (Lipinski definition) is 4. The molecule has 40 heavy (non-hydrogen) atoms. The number of rotatable bonds is 20. The average Bonchev–Trinajstić information content (AvgIpc) is 3.71. The third-order valence-electron chi connectivity index (χ3n) is 10.3. The van der Waals surface area contributed by atoms with Gasteiger partial charge in [-0.05, 0) is 77.0 Å². The third kappa shape index (κ3) is 4.51. The normalized spacial score (nSPS) is 40.6. The largest absolute Gasteiger partial charge is 0.481 e. The maximum Gasteiger partial charge on any atom is 0.312 e. The van der Waals surface area contributed by atoms with Crippen LogP contribution in [0.3, 0.4) is 0 Å². The number of hydrogen-bond acceptors (Lipinski definition) is 8. The van der Waals surface area contributed by atoms with E-state index in [4.69, 9.17) is 18.9 Å². The molecule has 0 amide bonds. The van der Waals surface area contributed by atoms with Crippen LogP contribution in [0.1, 0.15) is 77.0 Å². The van der Waals surface area contributed by atoms with E-state index in [0.29, 0.717) is 52.1 Å². The molecule has 5 aliphatic rings. The van der Waals surface area contributed by atoms with Crippen LogP contribution in [0, 0.1) is 21.7 Å². The summed E-state index contributed by atoms with van der Waals surface area (Å²) in [5.41, 5.74) is -9.35. The highest BCUT2D eigenvalue weighted by atomic mass is 16.6. The molecule has 0 aromatic rings. The van der Waals surface area contributed by atoms with Gasteiger partial charge in [0.25, 0.3) is 0 Å². The van der Waals surface area contributed by atoms with Gasteiger partial charge in [0.2, 0.25) is 0 Å². The van der Waals surface area contributed by atoms with E-state index in [0.717, 1.165) is 0 Å². The lowest BCUT2D eigenvalue weighted by atomic mass is 9.21. The lowest BCUT2D eigenvalue weighted by Gasteiger charge is -2.75. The minimum atomic E-state index is -2.34. The molecule has 4 N–H and O–H groups in total. The molecule has 12 heteroatoms. The van der Waals surface area contributed by atoms with E-state index < -0.39 is 45.5 Å². The fourth-order valence-corrected chi connectivity index (χ4v) is 8.31. The summed E-state index contributed by atoms with van der Waals surface area (Å²) < 4.78 is 21.1. The van der Waals surface area contributed by atoms with Crippen LogP contribution in [0.5, 0.6) is 0 Å². The van der Waals surface area contributed by atoms with Gasteiger partial charge in [0.1, 0.15) is 21.7 Å². The van der Waals surface area contributed by atoms with Crippen molar-refractivity contribution in [3.63, 3.8) is 0 Å². The van der Waals surface area contributed by atoms with Crippen LogP contribution in [0.25, 0.3) is 0 Å². The Kier molecular flexibility index (Phi) is 7.92. The molecule has 4 aliphatic heterocycles. The Balaban J connectivity index is 1.64. The van der Waals surface area contributed by atoms with Crippen molar-refractivity contribution in [3.05, 3.63) is 0 Å². The van der Waals surface area contributed by atoms with Crippen molar-refractivity contribution < 1.29 is 58.6 Å². The monoisotopic (exact) mass is 568 g/mol. The Labute approximate surface area is 232 Å². The molecule has 1 aliphatic carbocycles. The van der Waals surface area contributed by atoms with E-state index in [1.807, 2.05) is 0 Å². The maximum atomic E-state index is 13.5. The highest BCUT2D eigenvalue weighted by Gasteiger charge is 2.96. The second kappa shape index (κ2) is 10.8. The van der Waals surface area contributed by atoms with Crippen molar-refractivity contribution in [2.24, 2.45) is 21.7 Å². The van der Waals surface area contributed by atoms with Crippen LogP contribution >= 0.6 is 0 Å². The van der Waals surface area contributed by atoms with Gasteiger partial charge in [-0.1, -0.05) is 0 Å². The SMILES string of the molecule is O=C(O)C1(CCCC2CO2)C(CCCC2CO2)(C(=O)O)C(CCCC2CO2)(C(=O)O)C1(CCCC1CO1)C(=O)O. The second-order valence-electron chi connectivity index (χ2n) is 12.2. The van der Waals surface area contributed by atoms with Crippen molar-refractivity contribution in [2.75, 3.05) is 26.4 Å². The molecule has 224 valence electrons. The van der Waals surface area contributed by atoms with E-state index in [1.54, 1.807) is 0 Å². The van der Waals surface area contributed by atoms with E-state index >= 15 is 0 Å². The fourth-order valence-electron chi connectivity index (χ4n) is 8.31. The number of epoxide rings is 4. The smallest absolute Gasteiger partial charge is 0.312 e. The summed E-state index contributed by atoms with van der Waals surface area (Å²) in [6, 6.07) is 0. The fraction of sp³-hybridized carbons (Fsp3) is 0.857. The lowest BCUT2D eigenvalue weighted by Crippen LogP contribution is -2.87. The molecule has 0 aromatic carbocycles. The van der Waals surface area contributed by atoms with Crippen LogP contribution in [0.4, 0.5) is 0 Å². The van der Waals surface area contributed by atoms with Gasteiger partial charge in [-0.3, -0.25) is 19.2 Å². The predicted molar refractivity (Wildman–Crippen MR) is 135 cm³/mol. The number of carbonyl (C=O) groups is 4. The summed E-state index contributed by atoms with van der Waals surface area (Å²) >= 11 is 0. The summed E-state index contributed by atoms with van der Waals surface area (Å²) in [6.45, 7) is 2.05. The molecule has 0 aromatic heterocycles. The topological polar surface area (TPSA) is 199 Å². The zero-order valence-electron chi connectivity index (χ0n) is 22.7. The molecular weight excluding hydrogens is 528 g/mol. The summed E-state index contributed by atoms with van der Waals surface area (Å²) in [5, 5.41) is 44.0. The molecule has 4 unspecified atom stereocenters. The van der Waals surface area contributed by atoms with Gasteiger partial charge in [0.05, 0.1) is 50.8 Å². The minimum absolute atomic E-state index is 0.0776. The van der Waals surface area contributed by atoms with E-state index in [9.17, 15) is 39.6 Å². The van der Waals surface area contributed by atoms with Gasteiger partial charge in [0, 0.05) is 0 Å². The van der Waals surface area contributed by atoms with Crippen molar-refractivity contribution in [1.82, 2.24) is 0 Å². The molecule has 0 spiro atoms. The minimum Gasteiger partial charge on any atom is -0.481 e. The summed E-state index contributed by atoms with van der Waals surface area (Å²) in [7, 11) is 0. The summed E-state index contributed by atoms with van der Waals surface area (Å²) in [4.78, 5) is 54.1. The van der Waals surface area contributed by atoms with E-state index in [1.165, 1.54) is 0 Å². The highest BCUT2D eigenvalue weighted by molar-refractivity contribution is 6.06. The van der Waals surface area contributed by atoms with Crippen LogP contribution in [0.2, 0.25) is 0 Å². The Bertz CT molecular complexity index is 839. The average molecular weight is 569 g/mol. The standard InChI is InChI=1S/C28H40O12/c29-21(30)25(9-1-5-17-13-37-17)26(22(31)32,10-2-6-18-14-38-18)28(24(35)36,12-4-8-20-16-40-20)27(25,23(33)34)11-3-7-19-15-39-19/h17-20H,1-16H2,(H,29,30)(H,31,32)(H,33,34)(H,35,36). The van der Waals surface area contributed by atoms with Crippen LogP contribution < -0.4 is 0 Å². The predicted octanol–water partition coefficient (Wildman–Crippen LogP) is 2.56. The van der Waals surface area contributed by atoms with Gasteiger partial charge in [-0.2, -0.15) is 0 Å². The Hall–Kier alpha value is -2.28. The molecule has 4 atom stereocenters. The lowest BCUT2D eigenvalue weighted by molar-refractivity contribution is -0.323. The molecule has 5 rings (SSSR count). The molecule has 4 heterocycles. The molecule has 1 saturated carbocycles. The number of carboxylic acid groups (broad SMARTS) is 4. The highest BCUT2D eigenvalue weighted by Crippen LogP contribution is 2.84. The van der Waals surface area contributed by atoms with Gasteiger partial charge in [0.15, 0.2) is 0 Å². The van der Waals surface area contributed by atoms with Crippen LogP contribution in [-0.4, -0.2) is 95.1 Å². The number of carboxylic acids is 4. The summed E-state index contributed by atoms with van der Waals surface area (Å²) in [5.74, 6) is -6.22. The Morgan fingerprint density at radius 2 is 0.625 bits per heavy atom. The molecule has 12 nitrogen and oxygen atoms in total. The van der Waals surface area contributed by atoms with Crippen molar-refractivity contribution >= 4 is 23.9 Å². The first-order chi connectivity index (χ1) is 19.1. The van der Waals surface area contributed by atoms with Gasteiger partial charge in [-0.15, -0.1) is 0 Å². The van der Waals surface area contributed by atoms with Crippen molar-refractivity contribution in [1.29, 1.82) is 0 Å². The van der Waals surface area contributed by atoms with Gasteiger partial charge >= 0.3 is 23.9 Å².